The predicted octanol–water partition coefficient (Wildman–Crippen LogP) is 1.39. The zero-order chi connectivity index (χ0) is 15.2. The molecule has 1 aliphatic rings. The van der Waals surface area contributed by atoms with E-state index in [-0.39, 0.29) is 11.8 Å². The Hall–Kier alpha value is -2.17. The third-order valence-electron chi connectivity index (χ3n) is 3.67. The van der Waals surface area contributed by atoms with Crippen molar-refractivity contribution in [1.82, 2.24) is 10.6 Å². The molecule has 21 heavy (non-hydrogen) atoms. The molecule has 2 rings (SSSR count). The van der Waals surface area contributed by atoms with E-state index in [0.717, 1.165) is 12.0 Å². The van der Waals surface area contributed by atoms with Crippen molar-refractivity contribution in [1.29, 1.82) is 0 Å². The number of hydrogen-bond acceptors (Lipinski definition) is 3. The van der Waals surface area contributed by atoms with Gasteiger partial charge in [-0.3, -0.25) is 14.4 Å². The number of nitrogens with one attached hydrogen (secondary N) is 2. The first-order chi connectivity index (χ1) is 10.1. The number of benzene rings is 1. The summed E-state index contributed by atoms with van der Waals surface area (Å²) in [6.07, 6.45) is 2.18. The monoisotopic (exact) mass is 288 g/mol. The summed E-state index contributed by atoms with van der Waals surface area (Å²) in [5.41, 5.74) is 1.71. The van der Waals surface area contributed by atoms with E-state index >= 15 is 0 Å². The number of ketones is 1. The average molecular weight is 288 g/mol. The minimum Gasteiger partial charge on any atom is -0.355 e. The van der Waals surface area contributed by atoms with Crippen LogP contribution < -0.4 is 10.6 Å². The zero-order valence-electron chi connectivity index (χ0n) is 12.1. The normalized spacial score (nSPS) is 17.6. The SMILES string of the molecule is CC(=O)NCCNC(=O)c1ccc([C@H]2CCC(=O)C2)cc1. The minimum atomic E-state index is -0.158. The summed E-state index contributed by atoms with van der Waals surface area (Å²) in [5.74, 6) is 0.350. The quantitative estimate of drug-likeness (QED) is 0.804. The molecule has 0 aromatic heterocycles. The van der Waals surface area contributed by atoms with Gasteiger partial charge in [-0.1, -0.05) is 12.1 Å². The summed E-state index contributed by atoms with van der Waals surface area (Å²) in [7, 11) is 0. The molecule has 112 valence electrons. The maximum absolute atomic E-state index is 11.9. The van der Waals surface area contributed by atoms with Crippen LogP contribution in [0.5, 0.6) is 0 Å². The molecule has 2 amide bonds. The largest absolute Gasteiger partial charge is 0.355 e. The molecule has 0 heterocycles. The molecule has 1 saturated carbocycles. The first-order valence-corrected chi connectivity index (χ1v) is 7.20. The molecular formula is C16H20N2O3. The molecule has 0 spiro atoms. The van der Waals surface area contributed by atoms with E-state index in [1.165, 1.54) is 6.92 Å². The molecule has 0 unspecified atom stereocenters. The molecule has 1 aliphatic carbocycles. The van der Waals surface area contributed by atoms with Gasteiger partial charge in [-0.25, -0.2) is 0 Å². The Balaban J connectivity index is 1.85. The van der Waals surface area contributed by atoms with Gasteiger partial charge in [0.15, 0.2) is 0 Å². The van der Waals surface area contributed by atoms with Crippen LogP contribution in [0.25, 0.3) is 0 Å². The highest BCUT2D eigenvalue weighted by Gasteiger charge is 2.23. The maximum atomic E-state index is 11.9. The van der Waals surface area contributed by atoms with Crippen LogP contribution in [-0.4, -0.2) is 30.7 Å². The van der Waals surface area contributed by atoms with Crippen molar-refractivity contribution in [3.8, 4) is 0 Å². The van der Waals surface area contributed by atoms with Crippen LogP contribution in [0, 0.1) is 0 Å². The summed E-state index contributed by atoms with van der Waals surface area (Å²) < 4.78 is 0. The van der Waals surface area contributed by atoms with Gasteiger partial charge in [0.2, 0.25) is 5.91 Å². The van der Waals surface area contributed by atoms with E-state index in [1.807, 2.05) is 12.1 Å². The van der Waals surface area contributed by atoms with E-state index in [1.54, 1.807) is 12.1 Å². The molecule has 1 atom stereocenters. The Kier molecular flexibility index (Phi) is 5.09. The Morgan fingerprint density at radius 2 is 1.81 bits per heavy atom. The molecule has 0 aliphatic heterocycles. The molecular weight excluding hydrogens is 268 g/mol. The van der Waals surface area contributed by atoms with Gasteiger partial charge in [0.25, 0.3) is 5.91 Å². The molecule has 5 nitrogen and oxygen atoms in total. The van der Waals surface area contributed by atoms with Crippen LogP contribution in [0.2, 0.25) is 0 Å². The van der Waals surface area contributed by atoms with Crippen molar-refractivity contribution >= 4 is 17.6 Å². The maximum Gasteiger partial charge on any atom is 0.251 e. The van der Waals surface area contributed by atoms with E-state index < -0.39 is 0 Å². The molecule has 1 fully saturated rings. The van der Waals surface area contributed by atoms with Gasteiger partial charge in [0, 0.05) is 38.4 Å². The highest BCUT2D eigenvalue weighted by molar-refractivity contribution is 5.94. The van der Waals surface area contributed by atoms with Crippen molar-refractivity contribution in [2.75, 3.05) is 13.1 Å². The number of carbonyl (C=O) groups is 3. The standard InChI is InChI=1S/C16H20N2O3/c1-11(19)17-8-9-18-16(21)13-4-2-12(3-5-13)14-6-7-15(20)10-14/h2-5,14H,6-10H2,1H3,(H,17,19)(H,18,21)/t14-/m0/s1. The summed E-state index contributed by atoms with van der Waals surface area (Å²) in [5, 5.41) is 5.36. The summed E-state index contributed by atoms with van der Waals surface area (Å²) in [4.78, 5) is 33.9. The van der Waals surface area contributed by atoms with Crippen LogP contribution in [-0.2, 0) is 9.59 Å². The number of hydrogen-bond donors (Lipinski definition) is 2. The van der Waals surface area contributed by atoms with E-state index in [9.17, 15) is 14.4 Å². The third-order valence-corrected chi connectivity index (χ3v) is 3.67. The van der Waals surface area contributed by atoms with Gasteiger partial charge in [0.05, 0.1) is 0 Å². The van der Waals surface area contributed by atoms with Crippen LogP contribution in [0.4, 0.5) is 0 Å². The highest BCUT2D eigenvalue weighted by Crippen LogP contribution is 2.31. The first-order valence-electron chi connectivity index (χ1n) is 7.20. The van der Waals surface area contributed by atoms with Crippen LogP contribution in [0.15, 0.2) is 24.3 Å². The molecule has 0 saturated heterocycles. The molecule has 0 bridgehead atoms. The lowest BCUT2D eigenvalue weighted by Gasteiger charge is -2.10. The van der Waals surface area contributed by atoms with E-state index in [0.29, 0.717) is 43.2 Å². The van der Waals surface area contributed by atoms with Gasteiger partial charge in [-0.2, -0.15) is 0 Å². The van der Waals surface area contributed by atoms with Gasteiger partial charge < -0.3 is 10.6 Å². The van der Waals surface area contributed by atoms with Gasteiger partial charge in [0.1, 0.15) is 5.78 Å². The number of carbonyl (C=O) groups excluding carboxylic acids is 3. The van der Waals surface area contributed by atoms with Gasteiger partial charge in [-0.05, 0) is 30.0 Å². The van der Waals surface area contributed by atoms with Crippen molar-refractivity contribution in [2.24, 2.45) is 0 Å². The fourth-order valence-corrected chi connectivity index (χ4v) is 2.52. The van der Waals surface area contributed by atoms with E-state index in [2.05, 4.69) is 10.6 Å². The van der Waals surface area contributed by atoms with Gasteiger partial charge in [-0.15, -0.1) is 0 Å². The second-order valence-corrected chi connectivity index (χ2v) is 5.34. The summed E-state index contributed by atoms with van der Waals surface area (Å²) >= 11 is 0. The lowest BCUT2D eigenvalue weighted by Crippen LogP contribution is -2.33. The third kappa shape index (κ3) is 4.41. The zero-order valence-corrected chi connectivity index (χ0v) is 12.1. The van der Waals surface area contributed by atoms with Crippen molar-refractivity contribution in [2.45, 2.75) is 32.1 Å². The molecule has 2 N–H and O–H groups in total. The van der Waals surface area contributed by atoms with Crippen molar-refractivity contribution in [3.05, 3.63) is 35.4 Å². The van der Waals surface area contributed by atoms with Crippen LogP contribution >= 0.6 is 0 Å². The Labute approximate surface area is 124 Å². The van der Waals surface area contributed by atoms with Crippen molar-refractivity contribution < 1.29 is 14.4 Å². The molecule has 0 radical (unpaired) electrons. The first kappa shape index (κ1) is 15.2. The lowest BCUT2D eigenvalue weighted by atomic mass is 9.96. The van der Waals surface area contributed by atoms with Crippen LogP contribution in [0.3, 0.4) is 0 Å². The van der Waals surface area contributed by atoms with E-state index in [4.69, 9.17) is 0 Å². The second kappa shape index (κ2) is 7.02. The highest BCUT2D eigenvalue weighted by atomic mass is 16.2. The molecule has 1 aromatic carbocycles. The van der Waals surface area contributed by atoms with Crippen molar-refractivity contribution in [3.63, 3.8) is 0 Å². The molecule has 5 heteroatoms. The summed E-state index contributed by atoms with van der Waals surface area (Å²) in [6.45, 7) is 2.26. The average Bonchev–Trinajstić information content (AvgIpc) is 2.90. The number of amides is 2. The molecule has 1 aromatic rings. The minimum absolute atomic E-state index is 0.111. The second-order valence-electron chi connectivity index (χ2n) is 5.34. The fourth-order valence-electron chi connectivity index (χ4n) is 2.52. The topological polar surface area (TPSA) is 75.3 Å². The Morgan fingerprint density at radius 3 is 2.38 bits per heavy atom. The predicted molar refractivity (Wildman–Crippen MR) is 79.1 cm³/mol. The Bertz CT molecular complexity index is 537. The smallest absolute Gasteiger partial charge is 0.251 e. The summed E-state index contributed by atoms with van der Waals surface area (Å²) in [6, 6.07) is 7.41. The Morgan fingerprint density at radius 1 is 1.14 bits per heavy atom. The van der Waals surface area contributed by atoms with Gasteiger partial charge >= 0.3 is 0 Å². The number of Topliss-reactive ketones (excluding diaryl/α,β-unsaturated/α-hetero) is 1. The van der Waals surface area contributed by atoms with Crippen LogP contribution in [0.1, 0.15) is 48.0 Å². The number of rotatable bonds is 5. The lowest BCUT2D eigenvalue weighted by molar-refractivity contribution is -0.119. The fraction of sp³-hybridized carbons (Fsp3) is 0.438.